The number of nitrogens with one attached hydrogen (secondary N) is 1. The van der Waals surface area contributed by atoms with Crippen LogP contribution in [0.2, 0.25) is 0 Å². The van der Waals surface area contributed by atoms with Gasteiger partial charge in [0.1, 0.15) is 5.76 Å². The number of carbonyl (C=O) groups excluding carboxylic acids is 1. The van der Waals surface area contributed by atoms with E-state index in [1.54, 1.807) is 6.26 Å². The highest BCUT2D eigenvalue weighted by molar-refractivity contribution is 14.0. The molecule has 2 rings (SSSR count). The Morgan fingerprint density at radius 1 is 1.42 bits per heavy atom. The summed E-state index contributed by atoms with van der Waals surface area (Å²) in [5.74, 6) is 2.37. The Labute approximate surface area is 173 Å². The van der Waals surface area contributed by atoms with Crippen LogP contribution in [-0.4, -0.2) is 49.6 Å². The normalized spacial score (nSPS) is 15.7. The van der Waals surface area contributed by atoms with E-state index in [0.29, 0.717) is 12.5 Å². The molecule has 0 atom stereocenters. The molecule has 0 aliphatic carbocycles. The fraction of sp³-hybridized carbons (Fsp3) is 0.684. The first-order valence-electron chi connectivity index (χ1n) is 9.32. The van der Waals surface area contributed by atoms with Gasteiger partial charge in [0.05, 0.1) is 18.8 Å². The van der Waals surface area contributed by atoms with Gasteiger partial charge >= 0.3 is 5.97 Å². The van der Waals surface area contributed by atoms with Crippen molar-refractivity contribution >= 4 is 35.9 Å². The van der Waals surface area contributed by atoms with E-state index in [4.69, 9.17) is 14.1 Å². The Balaban J connectivity index is 0.00000338. The van der Waals surface area contributed by atoms with E-state index in [0.717, 1.165) is 57.2 Å². The highest BCUT2D eigenvalue weighted by Gasteiger charge is 2.27. The SMILES string of the molecule is CCOC(=O)C1CCN(C(=NCC(C)C)NCCc2ccco2)CC1.I. The molecule has 1 N–H and O–H groups in total. The number of rotatable bonds is 7. The summed E-state index contributed by atoms with van der Waals surface area (Å²) in [7, 11) is 0. The Hall–Kier alpha value is -1.25. The Morgan fingerprint density at radius 3 is 2.73 bits per heavy atom. The van der Waals surface area contributed by atoms with Gasteiger partial charge in [0, 0.05) is 32.6 Å². The number of hydrogen-bond donors (Lipinski definition) is 1. The van der Waals surface area contributed by atoms with Crippen LogP contribution in [0, 0.1) is 11.8 Å². The van der Waals surface area contributed by atoms with Gasteiger partial charge in [0.25, 0.3) is 0 Å². The monoisotopic (exact) mass is 477 g/mol. The lowest BCUT2D eigenvalue weighted by atomic mass is 9.97. The van der Waals surface area contributed by atoms with Crippen LogP contribution < -0.4 is 5.32 Å². The third kappa shape index (κ3) is 7.55. The second-order valence-electron chi connectivity index (χ2n) is 6.83. The Bertz CT molecular complexity index is 538. The zero-order valence-corrected chi connectivity index (χ0v) is 18.4. The molecule has 1 aromatic heterocycles. The van der Waals surface area contributed by atoms with Gasteiger partial charge in [-0.15, -0.1) is 24.0 Å². The quantitative estimate of drug-likeness (QED) is 0.283. The largest absolute Gasteiger partial charge is 0.469 e. The third-order valence-corrected chi connectivity index (χ3v) is 4.26. The van der Waals surface area contributed by atoms with E-state index in [-0.39, 0.29) is 35.9 Å². The summed E-state index contributed by atoms with van der Waals surface area (Å²) in [5.41, 5.74) is 0. The minimum atomic E-state index is -0.0615. The van der Waals surface area contributed by atoms with E-state index in [2.05, 4.69) is 24.1 Å². The molecular weight excluding hydrogens is 445 g/mol. The molecule has 1 saturated heterocycles. The molecule has 6 nitrogen and oxygen atoms in total. The minimum Gasteiger partial charge on any atom is -0.469 e. The Morgan fingerprint density at radius 2 is 2.15 bits per heavy atom. The molecule has 148 valence electrons. The molecule has 0 radical (unpaired) electrons. The van der Waals surface area contributed by atoms with Crippen molar-refractivity contribution in [3.05, 3.63) is 24.2 Å². The Kier molecular flexibility index (Phi) is 10.7. The number of halogens is 1. The summed E-state index contributed by atoms with van der Waals surface area (Å²) in [6, 6.07) is 3.89. The summed E-state index contributed by atoms with van der Waals surface area (Å²) in [6.07, 6.45) is 4.16. The van der Waals surface area contributed by atoms with Gasteiger partial charge in [-0.25, -0.2) is 0 Å². The van der Waals surface area contributed by atoms with Gasteiger partial charge < -0.3 is 19.4 Å². The lowest BCUT2D eigenvalue weighted by molar-refractivity contribution is -0.149. The average molecular weight is 477 g/mol. The molecule has 0 unspecified atom stereocenters. The first-order chi connectivity index (χ1) is 12.1. The van der Waals surface area contributed by atoms with Crippen molar-refractivity contribution in [1.82, 2.24) is 10.2 Å². The van der Waals surface area contributed by atoms with Crippen molar-refractivity contribution in [2.24, 2.45) is 16.8 Å². The van der Waals surface area contributed by atoms with Crippen LogP contribution in [-0.2, 0) is 16.0 Å². The predicted molar refractivity (Wildman–Crippen MR) is 114 cm³/mol. The first-order valence-corrected chi connectivity index (χ1v) is 9.32. The molecule has 0 aromatic carbocycles. The number of furan rings is 1. The van der Waals surface area contributed by atoms with Gasteiger partial charge in [-0.2, -0.15) is 0 Å². The van der Waals surface area contributed by atoms with Crippen LogP contribution in [0.15, 0.2) is 27.8 Å². The zero-order chi connectivity index (χ0) is 18.1. The van der Waals surface area contributed by atoms with E-state index >= 15 is 0 Å². The second-order valence-corrected chi connectivity index (χ2v) is 6.83. The van der Waals surface area contributed by atoms with Gasteiger partial charge in [-0.1, -0.05) is 13.8 Å². The molecule has 26 heavy (non-hydrogen) atoms. The molecule has 1 fully saturated rings. The van der Waals surface area contributed by atoms with Crippen LogP contribution in [0.25, 0.3) is 0 Å². The maximum Gasteiger partial charge on any atom is 0.309 e. The summed E-state index contributed by atoms with van der Waals surface area (Å²) in [4.78, 5) is 18.9. The smallest absolute Gasteiger partial charge is 0.309 e. The topological polar surface area (TPSA) is 67.1 Å². The maximum absolute atomic E-state index is 11.9. The van der Waals surface area contributed by atoms with Crippen molar-refractivity contribution in [3.63, 3.8) is 0 Å². The summed E-state index contributed by atoms with van der Waals surface area (Å²) >= 11 is 0. The summed E-state index contributed by atoms with van der Waals surface area (Å²) in [6.45, 7) is 9.86. The van der Waals surface area contributed by atoms with Crippen LogP contribution in [0.5, 0.6) is 0 Å². The van der Waals surface area contributed by atoms with Crippen LogP contribution in [0.3, 0.4) is 0 Å². The molecule has 0 amide bonds. The predicted octanol–water partition coefficient (Wildman–Crippen LogP) is 3.32. The number of ether oxygens (including phenoxy) is 1. The summed E-state index contributed by atoms with van der Waals surface area (Å²) < 4.78 is 10.5. The number of piperidine rings is 1. The maximum atomic E-state index is 11.9. The van der Waals surface area contributed by atoms with Gasteiger partial charge in [-0.05, 0) is 37.8 Å². The third-order valence-electron chi connectivity index (χ3n) is 4.26. The molecular formula is C19H32IN3O3. The molecule has 0 saturated carbocycles. The van der Waals surface area contributed by atoms with Crippen molar-refractivity contribution in [2.45, 2.75) is 40.0 Å². The minimum absolute atomic E-state index is 0. The van der Waals surface area contributed by atoms with E-state index in [1.165, 1.54) is 0 Å². The molecule has 7 heteroatoms. The van der Waals surface area contributed by atoms with Crippen molar-refractivity contribution in [1.29, 1.82) is 0 Å². The fourth-order valence-corrected chi connectivity index (χ4v) is 2.88. The van der Waals surface area contributed by atoms with Crippen LogP contribution in [0.1, 0.15) is 39.4 Å². The highest BCUT2D eigenvalue weighted by atomic mass is 127. The molecule has 2 heterocycles. The van der Waals surface area contributed by atoms with Gasteiger partial charge in [0.15, 0.2) is 5.96 Å². The van der Waals surface area contributed by atoms with E-state index in [9.17, 15) is 4.79 Å². The van der Waals surface area contributed by atoms with Gasteiger partial charge in [-0.3, -0.25) is 9.79 Å². The molecule has 0 bridgehead atoms. The standard InChI is InChI=1S/C19H31N3O3.HI/c1-4-24-18(23)16-8-11-22(12-9-16)19(21-14-15(2)3)20-10-7-17-6-5-13-25-17;/h5-6,13,15-16H,4,7-12,14H2,1-3H3,(H,20,21);1H. The number of guanidine groups is 1. The fourth-order valence-electron chi connectivity index (χ4n) is 2.88. The highest BCUT2D eigenvalue weighted by Crippen LogP contribution is 2.19. The van der Waals surface area contributed by atoms with Crippen LogP contribution >= 0.6 is 24.0 Å². The van der Waals surface area contributed by atoms with Crippen LogP contribution in [0.4, 0.5) is 0 Å². The average Bonchev–Trinajstić information content (AvgIpc) is 3.11. The van der Waals surface area contributed by atoms with Gasteiger partial charge in [0.2, 0.25) is 0 Å². The summed E-state index contributed by atoms with van der Waals surface area (Å²) in [5, 5.41) is 3.45. The molecule has 0 spiro atoms. The van der Waals surface area contributed by atoms with Crippen molar-refractivity contribution in [3.8, 4) is 0 Å². The number of aliphatic imine (C=N–C) groups is 1. The van der Waals surface area contributed by atoms with E-state index in [1.807, 2.05) is 19.1 Å². The number of carbonyl (C=O) groups is 1. The zero-order valence-electron chi connectivity index (χ0n) is 16.1. The molecule has 1 aliphatic heterocycles. The number of esters is 1. The second kappa shape index (κ2) is 12.2. The lowest BCUT2D eigenvalue weighted by Gasteiger charge is -2.33. The molecule has 1 aliphatic rings. The number of hydrogen-bond acceptors (Lipinski definition) is 4. The number of nitrogens with zero attached hydrogens (tertiary/aromatic N) is 2. The molecule has 1 aromatic rings. The number of likely N-dealkylation sites (tertiary alicyclic amines) is 1. The van der Waals surface area contributed by atoms with Crippen molar-refractivity contribution in [2.75, 3.05) is 32.8 Å². The van der Waals surface area contributed by atoms with E-state index < -0.39 is 0 Å². The first kappa shape index (κ1) is 22.8. The lowest BCUT2D eigenvalue weighted by Crippen LogP contribution is -2.47. The van der Waals surface area contributed by atoms with Crippen molar-refractivity contribution < 1.29 is 13.9 Å².